The van der Waals surface area contributed by atoms with Crippen LogP contribution >= 0.6 is 0 Å². The average molecular weight is 819 g/mol. The Labute approximate surface area is 362 Å². The van der Waals surface area contributed by atoms with E-state index < -0.39 is 6.10 Å². The SMILES string of the molecule is CC\C=C/C=C\C=C/CCCCCCCC(=O)OC(COC(=O)CC/C=C\C/C=C\C/C=C\C/C=C\C/C=C\CC)COC(=O)CCCCCCCCCCCCCC. The molecule has 0 aromatic carbocycles. The fraction of sp³-hybridized carbons (Fsp3) is 0.642. The van der Waals surface area contributed by atoms with Crippen molar-refractivity contribution in [1.82, 2.24) is 0 Å². The van der Waals surface area contributed by atoms with Crippen molar-refractivity contribution >= 4 is 17.9 Å². The van der Waals surface area contributed by atoms with Gasteiger partial charge < -0.3 is 14.2 Å². The van der Waals surface area contributed by atoms with Gasteiger partial charge >= 0.3 is 17.9 Å². The summed E-state index contributed by atoms with van der Waals surface area (Å²) in [5.41, 5.74) is 0. The lowest BCUT2D eigenvalue weighted by Crippen LogP contribution is -2.30. The molecule has 0 aromatic heterocycles. The van der Waals surface area contributed by atoms with E-state index >= 15 is 0 Å². The molecule has 0 aromatic rings. The van der Waals surface area contributed by atoms with Crippen molar-refractivity contribution in [3.8, 4) is 0 Å². The summed E-state index contributed by atoms with van der Waals surface area (Å²) >= 11 is 0. The number of hydrogen-bond donors (Lipinski definition) is 0. The molecule has 1 atom stereocenters. The molecule has 0 bridgehead atoms. The van der Waals surface area contributed by atoms with Crippen LogP contribution in [-0.2, 0) is 28.6 Å². The molecule has 6 heteroatoms. The van der Waals surface area contributed by atoms with Crippen LogP contribution in [0.15, 0.2) is 97.2 Å². The zero-order valence-electron chi connectivity index (χ0n) is 38.0. The Morgan fingerprint density at radius 2 is 0.780 bits per heavy atom. The molecular weight excluding hydrogens is 733 g/mol. The topological polar surface area (TPSA) is 78.9 Å². The Bertz CT molecular complexity index is 1220. The second kappa shape index (κ2) is 47.0. The zero-order valence-corrected chi connectivity index (χ0v) is 38.0. The van der Waals surface area contributed by atoms with Gasteiger partial charge in [-0.3, -0.25) is 14.4 Å². The molecule has 0 aliphatic heterocycles. The summed E-state index contributed by atoms with van der Waals surface area (Å²) in [5.74, 6) is -1.02. The highest BCUT2D eigenvalue weighted by molar-refractivity contribution is 5.71. The van der Waals surface area contributed by atoms with Gasteiger partial charge in [-0.25, -0.2) is 0 Å². The van der Waals surface area contributed by atoms with Crippen molar-refractivity contribution in [2.45, 2.75) is 207 Å². The van der Waals surface area contributed by atoms with Gasteiger partial charge in [-0.2, -0.15) is 0 Å². The van der Waals surface area contributed by atoms with Crippen LogP contribution in [0.4, 0.5) is 0 Å². The average Bonchev–Trinajstić information content (AvgIpc) is 3.23. The number of hydrogen-bond acceptors (Lipinski definition) is 6. The van der Waals surface area contributed by atoms with E-state index in [1.54, 1.807) is 0 Å². The number of esters is 3. The standard InChI is InChI=1S/C53H86O6/c1-4-7-10-13-16-19-22-25-26-27-29-31-34-37-40-43-46-52(55)58-49-50(48-57-51(54)45-42-39-36-33-30-24-21-18-15-12-9-6-3)59-53(56)47-44-41-38-35-32-28-23-20-17-14-11-8-5-2/h7-8,10-11,14,16-17,19-20,23,25-26,29,31,37,40,50H,4-6,9,12-13,15,18,21-22,24,27-28,30,32-36,38-39,41-49H2,1-3H3/b10-7-,11-8-,17-14-,19-16-,23-20-,26-25-,31-29-,40-37-. The molecule has 0 saturated heterocycles. The molecule has 0 aliphatic rings. The number of carbonyl (C=O) groups excluding carboxylic acids is 3. The van der Waals surface area contributed by atoms with Crippen molar-refractivity contribution in [3.63, 3.8) is 0 Å². The summed E-state index contributed by atoms with van der Waals surface area (Å²) in [6, 6.07) is 0. The van der Waals surface area contributed by atoms with Gasteiger partial charge in [-0.15, -0.1) is 0 Å². The smallest absolute Gasteiger partial charge is 0.306 e. The van der Waals surface area contributed by atoms with Gasteiger partial charge in [0.2, 0.25) is 0 Å². The van der Waals surface area contributed by atoms with E-state index in [0.717, 1.165) is 96.3 Å². The van der Waals surface area contributed by atoms with Gasteiger partial charge in [-0.1, -0.05) is 208 Å². The molecule has 1 unspecified atom stereocenters. The summed E-state index contributed by atoms with van der Waals surface area (Å²) in [4.78, 5) is 37.8. The highest BCUT2D eigenvalue weighted by Crippen LogP contribution is 2.14. The molecule has 0 N–H and O–H groups in total. The first-order valence-electron chi connectivity index (χ1n) is 23.8. The second-order valence-corrected chi connectivity index (χ2v) is 15.3. The summed E-state index contributed by atoms with van der Waals surface area (Å²) in [5, 5.41) is 0. The number of ether oxygens (including phenoxy) is 3. The van der Waals surface area contributed by atoms with E-state index in [0.29, 0.717) is 12.8 Å². The fourth-order valence-corrected chi connectivity index (χ4v) is 6.14. The van der Waals surface area contributed by atoms with E-state index in [9.17, 15) is 14.4 Å². The lowest BCUT2D eigenvalue weighted by Gasteiger charge is -2.18. The minimum atomic E-state index is -0.815. The Kier molecular flexibility index (Phi) is 44.1. The molecule has 59 heavy (non-hydrogen) atoms. The first-order valence-corrected chi connectivity index (χ1v) is 23.8. The third kappa shape index (κ3) is 45.3. The molecular formula is C53H86O6. The largest absolute Gasteiger partial charge is 0.462 e. The van der Waals surface area contributed by atoms with Crippen molar-refractivity contribution < 1.29 is 28.6 Å². The Morgan fingerprint density at radius 3 is 1.29 bits per heavy atom. The minimum absolute atomic E-state index is 0.109. The van der Waals surface area contributed by atoms with Crippen LogP contribution < -0.4 is 0 Å². The Balaban J connectivity index is 4.53. The lowest BCUT2D eigenvalue weighted by atomic mass is 10.0. The van der Waals surface area contributed by atoms with E-state index in [1.165, 1.54) is 57.8 Å². The molecule has 334 valence electrons. The molecule has 6 nitrogen and oxygen atoms in total. The Hall–Kier alpha value is -3.67. The molecule has 0 amide bonds. The highest BCUT2D eigenvalue weighted by atomic mass is 16.6. The summed E-state index contributed by atoms with van der Waals surface area (Å²) in [6.45, 7) is 6.28. The maximum absolute atomic E-state index is 12.7. The van der Waals surface area contributed by atoms with Gasteiger partial charge in [0.15, 0.2) is 6.10 Å². The normalized spacial score (nSPS) is 12.9. The molecule has 0 spiro atoms. The van der Waals surface area contributed by atoms with Gasteiger partial charge in [-0.05, 0) is 70.6 Å². The summed E-state index contributed by atoms with van der Waals surface area (Å²) in [6.07, 6.45) is 61.1. The fourth-order valence-electron chi connectivity index (χ4n) is 6.14. The van der Waals surface area contributed by atoms with Gasteiger partial charge in [0.1, 0.15) is 13.2 Å². The number of rotatable bonds is 41. The van der Waals surface area contributed by atoms with Crippen LogP contribution in [0.1, 0.15) is 201 Å². The van der Waals surface area contributed by atoms with Crippen molar-refractivity contribution in [2.75, 3.05) is 13.2 Å². The van der Waals surface area contributed by atoms with Crippen molar-refractivity contribution in [1.29, 1.82) is 0 Å². The van der Waals surface area contributed by atoms with Crippen LogP contribution in [0, 0.1) is 0 Å². The van der Waals surface area contributed by atoms with Crippen LogP contribution in [0.5, 0.6) is 0 Å². The predicted octanol–water partition coefficient (Wildman–Crippen LogP) is 15.4. The quantitative estimate of drug-likeness (QED) is 0.0201. The molecule has 0 rings (SSSR count). The van der Waals surface area contributed by atoms with Crippen molar-refractivity contribution in [2.24, 2.45) is 0 Å². The van der Waals surface area contributed by atoms with E-state index in [4.69, 9.17) is 14.2 Å². The first kappa shape index (κ1) is 55.3. The van der Waals surface area contributed by atoms with Gasteiger partial charge in [0.25, 0.3) is 0 Å². The molecule has 0 fully saturated rings. The number of allylic oxidation sites excluding steroid dienone is 16. The van der Waals surface area contributed by atoms with Crippen LogP contribution in [0.2, 0.25) is 0 Å². The van der Waals surface area contributed by atoms with E-state index in [1.807, 2.05) is 18.2 Å². The first-order chi connectivity index (χ1) is 29.0. The lowest BCUT2D eigenvalue weighted by molar-refractivity contribution is -0.166. The maximum Gasteiger partial charge on any atom is 0.306 e. The molecule has 0 aliphatic carbocycles. The van der Waals surface area contributed by atoms with Gasteiger partial charge in [0.05, 0.1) is 0 Å². The third-order valence-corrected chi connectivity index (χ3v) is 9.66. The predicted molar refractivity (Wildman–Crippen MR) is 251 cm³/mol. The zero-order chi connectivity index (χ0) is 43.0. The third-order valence-electron chi connectivity index (χ3n) is 9.66. The summed E-state index contributed by atoms with van der Waals surface area (Å²) < 4.78 is 16.6. The second-order valence-electron chi connectivity index (χ2n) is 15.3. The molecule has 0 saturated carbocycles. The van der Waals surface area contributed by atoms with E-state index in [-0.39, 0.29) is 44.0 Å². The number of carbonyl (C=O) groups is 3. The number of unbranched alkanes of at least 4 members (excludes halogenated alkanes) is 16. The van der Waals surface area contributed by atoms with Crippen molar-refractivity contribution in [3.05, 3.63) is 97.2 Å². The van der Waals surface area contributed by atoms with E-state index in [2.05, 4.69) is 99.8 Å². The Morgan fingerprint density at radius 1 is 0.373 bits per heavy atom. The van der Waals surface area contributed by atoms with Gasteiger partial charge in [0, 0.05) is 19.3 Å². The molecule has 0 heterocycles. The van der Waals surface area contributed by atoms with Crippen LogP contribution in [0.25, 0.3) is 0 Å². The molecule has 0 radical (unpaired) electrons. The van der Waals surface area contributed by atoms with Crippen LogP contribution in [0.3, 0.4) is 0 Å². The monoisotopic (exact) mass is 819 g/mol. The highest BCUT2D eigenvalue weighted by Gasteiger charge is 2.19. The minimum Gasteiger partial charge on any atom is -0.462 e. The maximum atomic E-state index is 12.7. The summed E-state index contributed by atoms with van der Waals surface area (Å²) in [7, 11) is 0. The van der Waals surface area contributed by atoms with Crippen LogP contribution in [-0.4, -0.2) is 37.2 Å².